The van der Waals surface area contributed by atoms with Crippen molar-refractivity contribution in [2.45, 2.75) is 46.1 Å². The van der Waals surface area contributed by atoms with Crippen LogP contribution >= 0.6 is 11.8 Å². The van der Waals surface area contributed by atoms with Crippen LogP contribution < -0.4 is 5.32 Å². The number of thioether (sulfide) groups is 1. The molecule has 1 N–H and O–H groups in total. The molecule has 0 aliphatic rings. The van der Waals surface area contributed by atoms with Gasteiger partial charge in [0.1, 0.15) is 0 Å². The first-order valence-corrected chi connectivity index (χ1v) is 7.71. The zero-order chi connectivity index (χ0) is 12.2. The Kier molecular flexibility index (Phi) is 11.9. The van der Waals surface area contributed by atoms with Gasteiger partial charge >= 0.3 is 0 Å². The third-order valence-electron chi connectivity index (χ3n) is 2.77. The fourth-order valence-corrected chi connectivity index (χ4v) is 2.77. The molecular formula is C13H29NOS. The van der Waals surface area contributed by atoms with Crippen molar-refractivity contribution in [3.05, 3.63) is 0 Å². The summed E-state index contributed by atoms with van der Waals surface area (Å²) < 4.78 is 5.16. The van der Waals surface area contributed by atoms with E-state index in [-0.39, 0.29) is 0 Å². The lowest BCUT2D eigenvalue weighted by Crippen LogP contribution is -2.38. The van der Waals surface area contributed by atoms with Crippen LogP contribution in [0.4, 0.5) is 0 Å². The van der Waals surface area contributed by atoms with Gasteiger partial charge in [0.15, 0.2) is 0 Å². The normalized spacial score (nSPS) is 15.0. The van der Waals surface area contributed by atoms with Gasteiger partial charge in [-0.3, -0.25) is 0 Å². The highest BCUT2D eigenvalue weighted by atomic mass is 32.2. The number of nitrogens with one attached hydrogen (secondary N) is 1. The van der Waals surface area contributed by atoms with Gasteiger partial charge in [-0.15, -0.1) is 0 Å². The highest BCUT2D eigenvalue weighted by Gasteiger charge is 2.15. The van der Waals surface area contributed by atoms with Gasteiger partial charge in [-0.1, -0.05) is 20.8 Å². The smallest absolute Gasteiger partial charge is 0.0465 e. The van der Waals surface area contributed by atoms with E-state index in [0.717, 1.165) is 19.6 Å². The Labute approximate surface area is 106 Å². The van der Waals surface area contributed by atoms with Gasteiger partial charge in [-0.2, -0.15) is 11.8 Å². The number of hydrogen-bond donors (Lipinski definition) is 1. The zero-order valence-corrected chi connectivity index (χ0v) is 12.2. The molecule has 0 rings (SSSR count). The Hall–Kier alpha value is 0.270. The molecule has 16 heavy (non-hydrogen) atoms. The first-order valence-electron chi connectivity index (χ1n) is 6.56. The second kappa shape index (κ2) is 11.7. The molecule has 0 spiro atoms. The average molecular weight is 247 g/mol. The van der Waals surface area contributed by atoms with Gasteiger partial charge in [-0.25, -0.2) is 0 Å². The second-order valence-corrected chi connectivity index (χ2v) is 5.54. The molecule has 0 aromatic heterocycles. The molecule has 3 heteroatoms. The van der Waals surface area contributed by atoms with Gasteiger partial charge in [0.05, 0.1) is 0 Å². The van der Waals surface area contributed by atoms with Crippen molar-refractivity contribution in [1.82, 2.24) is 5.32 Å². The Bertz CT molecular complexity index is 144. The van der Waals surface area contributed by atoms with Crippen molar-refractivity contribution in [2.24, 2.45) is 5.92 Å². The molecule has 0 saturated heterocycles. The number of hydrogen-bond acceptors (Lipinski definition) is 3. The summed E-state index contributed by atoms with van der Waals surface area (Å²) in [6, 6.07) is 0.645. The molecule has 0 bridgehead atoms. The predicted molar refractivity (Wildman–Crippen MR) is 75.4 cm³/mol. The number of methoxy groups -OCH3 is 1. The Morgan fingerprint density at radius 3 is 2.56 bits per heavy atom. The lowest BCUT2D eigenvalue weighted by atomic mass is 10.00. The van der Waals surface area contributed by atoms with Crippen LogP contribution in [0.5, 0.6) is 0 Å². The molecule has 0 fully saturated rings. The fourth-order valence-electron chi connectivity index (χ4n) is 1.61. The maximum atomic E-state index is 5.16. The first-order chi connectivity index (χ1) is 7.76. The summed E-state index contributed by atoms with van der Waals surface area (Å²) >= 11 is 2.07. The summed E-state index contributed by atoms with van der Waals surface area (Å²) in [4.78, 5) is 0. The van der Waals surface area contributed by atoms with Gasteiger partial charge in [-0.05, 0) is 37.5 Å². The van der Waals surface area contributed by atoms with Crippen LogP contribution in [0.25, 0.3) is 0 Å². The van der Waals surface area contributed by atoms with Crippen molar-refractivity contribution in [2.75, 3.05) is 31.8 Å². The number of rotatable bonds is 11. The van der Waals surface area contributed by atoms with Crippen LogP contribution in [0, 0.1) is 5.92 Å². The summed E-state index contributed by atoms with van der Waals surface area (Å²) in [5.74, 6) is 3.22. The Balaban J connectivity index is 3.86. The van der Waals surface area contributed by atoms with Crippen LogP contribution in [0.3, 0.4) is 0 Å². The van der Waals surface area contributed by atoms with Crippen molar-refractivity contribution < 1.29 is 4.74 Å². The van der Waals surface area contributed by atoms with Crippen LogP contribution in [-0.4, -0.2) is 37.8 Å². The van der Waals surface area contributed by atoms with Gasteiger partial charge in [0.25, 0.3) is 0 Å². The van der Waals surface area contributed by atoms with E-state index in [1.54, 1.807) is 7.11 Å². The summed E-state index contributed by atoms with van der Waals surface area (Å²) in [7, 11) is 1.78. The van der Waals surface area contributed by atoms with E-state index in [1.165, 1.54) is 24.3 Å². The summed E-state index contributed by atoms with van der Waals surface area (Å²) in [5.41, 5.74) is 0. The third kappa shape index (κ3) is 8.43. The molecule has 2 atom stereocenters. The average Bonchev–Trinajstić information content (AvgIpc) is 2.30. The van der Waals surface area contributed by atoms with E-state index in [1.807, 2.05) is 0 Å². The minimum absolute atomic E-state index is 0.645. The summed E-state index contributed by atoms with van der Waals surface area (Å²) in [6.07, 6.45) is 3.65. The molecule has 0 aromatic carbocycles. The predicted octanol–water partition coefficient (Wildman–Crippen LogP) is 3.17. The van der Waals surface area contributed by atoms with E-state index in [4.69, 9.17) is 4.74 Å². The lowest BCUT2D eigenvalue weighted by molar-refractivity contribution is 0.172. The van der Waals surface area contributed by atoms with Crippen LogP contribution in [0.2, 0.25) is 0 Å². The molecule has 0 aliphatic carbocycles. The minimum Gasteiger partial charge on any atom is -0.385 e. The van der Waals surface area contributed by atoms with Crippen molar-refractivity contribution in [3.63, 3.8) is 0 Å². The second-order valence-electron chi connectivity index (χ2n) is 4.39. The van der Waals surface area contributed by atoms with E-state index < -0.39 is 0 Å². The van der Waals surface area contributed by atoms with Crippen LogP contribution in [0.1, 0.15) is 40.0 Å². The molecule has 2 unspecified atom stereocenters. The minimum atomic E-state index is 0.645. The maximum absolute atomic E-state index is 5.16. The standard InChI is InChI=1S/C13H29NOS/c1-5-8-14-13(11-16-10-6-2)12(3)7-9-15-4/h12-14H,5-11H2,1-4H3. The Morgan fingerprint density at radius 1 is 1.25 bits per heavy atom. The fraction of sp³-hybridized carbons (Fsp3) is 1.00. The zero-order valence-electron chi connectivity index (χ0n) is 11.4. The van der Waals surface area contributed by atoms with E-state index in [2.05, 4.69) is 37.8 Å². The Morgan fingerprint density at radius 2 is 2.00 bits per heavy atom. The molecule has 0 heterocycles. The lowest BCUT2D eigenvalue weighted by Gasteiger charge is -2.24. The molecule has 0 radical (unpaired) electrons. The topological polar surface area (TPSA) is 21.3 Å². The monoisotopic (exact) mass is 247 g/mol. The third-order valence-corrected chi connectivity index (χ3v) is 4.06. The largest absolute Gasteiger partial charge is 0.385 e. The van der Waals surface area contributed by atoms with Gasteiger partial charge < -0.3 is 10.1 Å². The van der Waals surface area contributed by atoms with E-state index >= 15 is 0 Å². The van der Waals surface area contributed by atoms with Gasteiger partial charge in [0, 0.05) is 25.5 Å². The molecule has 0 aromatic rings. The highest BCUT2D eigenvalue weighted by Crippen LogP contribution is 2.14. The van der Waals surface area contributed by atoms with E-state index in [0.29, 0.717) is 12.0 Å². The molecule has 0 saturated carbocycles. The quantitative estimate of drug-likeness (QED) is 0.567. The summed E-state index contributed by atoms with van der Waals surface area (Å²) in [5, 5.41) is 3.66. The first kappa shape index (κ1) is 16.3. The van der Waals surface area contributed by atoms with Crippen LogP contribution in [-0.2, 0) is 4.74 Å². The van der Waals surface area contributed by atoms with Gasteiger partial charge in [0.2, 0.25) is 0 Å². The van der Waals surface area contributed by atoms with E-state index in [9.17, 15) is 0 Å². The maximum Gasteiger partial charge on any atom is 0.0465 e. The highest BCUT2D eigenvalue weighted by molar-refractivity contribution is 7.99. The molecule has 98 valence electrons. The summed E-state index contributed by atoms with van der Waals surface area (Å²) in [6.45, 7) is 8.82. The SMILES string of the molecule is CCCNC(CSCCC)C(C)CCOC. The molecule has 2 nitrogen and oxygen atoms in total. The molecular weight excluding hydrogens is 218 g/mol. The molecule has 0 amide bonds. The van der Waals surface area contributed by atoms with Crippen molar-refractivity contribution in [1.29, 1.82) is 0 Å². The molecule has 0 aliphatic heterocycles. The number of ether oxygens (including phenoxy) is 1. The van der Waals surface area contributed by atoms with Crippen LogP contribution in [0.15, 0.2) is 0 Å². The van der Waals surface area contributed by atoms with Crippen molar-refractivity contribution >= 4 is 11.8 Å². The van der Waals surface area contributed by atoms with Crippen molar-refractivity contribution in [3.8, 4) is 0 Å².